The molecule has 1 atom stereocenters. The Morgan fingerprint density at radius 3 is 2.70 bits per heavy atom. The number of allylic oxidation sites excluding steroid dienone is 2. The molecule has 0 saturated carbocycles. The molecule has 0 fully saturated rings. The first kappa shape index (κ1) is 16.6. The number of ether oxygens (including phenoxy) is 2. The monoisotopic (exact) mass is 316 g/mol. The third-order valence-electron chi connectivity index (χ3n) is 3.50. The van der Waals surface area contributed by atoms with Crippen molar-refractivity contribution in [3.8, 4) is 6.07 Å². The summed E-state index contributed by atoms with van der Waals surface area (Å²) in [5.41, 5.74) is 7.11. The highest BCUT2D eigenvalue weighted by Crippen LogP contribution is 2.39. The van der Waals surface area contributed by atoms with Gasteiger partial charge in [-0.15, -0.1) is 0 Å². The van der Waals surface area contributed by atoms with Crippen LogP contribution in [-0.4, -0.2) is 12.6 Å². The Labute approximate surface area is 133 Å². The number of hydrogen-bond donors (Lipinski definition) is 1. The average Bonchev–Trinajstić information content (AvgIpc) is 2.45. The lowest BCUT2D eigenvalue weighted by atomic mass is 9.82. The van der Waals surface area contributed by atoms with Gasteiger partial charge in [-0.1, -0.05) is 6.07 Å². The zero-order valence-corrected chi connectivity index (χ0v) is 13.1. The van der Waals surface area contributed by atoms with Gasteiger partial charge in [0.15, 0.2) is 0 Å². The normalized spacial score (nSPS) is 17.6. The molecule has 0 spiro atoms. The van der Waals surface area contributed by atoms with Crippen LogP contribution in [0.5, 0.6) is 0 Å². The van der Waals surface area contributed by atoms with Crippen molar-refractivity contribution in [2.45, 2.75) is 26.7 Å². The molecule has 1 aliphatic rings. The van der Waals surface area contributed by atoms with Crippen LogP contribution in [0.4, 0.5) is 4.39 Å². The Kier molecular flexibility index (Phi) is 4.70. The van der Waals surface area contributed by atoms with Gasteiger partial charge in [0.25, 0.3) is 0 Å². The summed E-state index contributed by atoms with van der Waals surface area (Å²) in [7, 11) is 0. The summed E-state index contributed by atoms with van der Waals surface area (Å²) in [5.74, 6) is -1.74. The molecule has 0 amide bonds. The third kappa shape index (κ3) is 3.19. The van der Waals surface area contributed by atoms with E-state index < -0.39 is 17.7 Å². The summed E-state index contributed by atoms with van der Waals surface area (Å²) in [6.07, 6.45) is 0. The highest BCUT2D eigenvalue weighted by atomic mass is 19.1. The average molecular weight is 316 g/mol. The lowest BCUT2D eigenvalue weighted by Gasteiger charge is -2.27. The van der Waals surface area contributed by atoms with Crippen LogP contribution in [0.2, 0.25) is 0 Å². The van der Waals surface area contributed by atoms with E-state index in [0.29, 0.717) is 11.1 Å². The quantitative estimate of drug-likeness (QED) is 0.867. The van der Waals surface area contributed by atoms with E-state index in [-0.39, 0.29) is 29.4 Å². The molecular formula is C17H17FN2O3. The smallest absolute Gasteiger partial charge is 0.338 e. The summed E-state index contributed by atoms with van der Waals surface area (Å²) >= 11 is 0. The topological polar surface area (TPSA) is 85.3 Å². The van der Waals surface area contributed by atoms with E-state index in [1.165, 1.54) is 12.1 Å². The highest BCUT2D eigenvalue weighted by Gasteiger charge is 2.36. The second kappa shape index (κ2) is 6.53. The fraction of sp³-hybridized carbons (Fsp3) is 0.294. The standard InChI is InChI=1S/C17H17FN2O3/c1-4-22-17(21)14-10(3)23-16(20)13(8-19)15(14)11-5-9(2)6-12(18)7-11/h5-7,15H,4,20H2,1-3H3. The van der Waals surface area contributed by atoms with E-state index >= 15 is 0 Å². The number of carbonyl (C=O) groups excluding carboxylic acids is 1. The zero-order chi connectivity index (χ0) is 17.1. The van der Waals surface area contributed by atoms with E-state index in [0.717, 1.165) is 0 Å². The van der Waals surface area contributed by atoms with E-state index in [1.807, 2.05) is 6.07 Å². The van der Waals surface area contributed by atoms with Crippen molar-refractivity contribution < 1.29 is 18.7 Å². The van der Waals surface area contributed by atoms with Gasteiger partial charge in [-0.2, -0.15) is 5.26 Å². The number of halogens is 1. The van der Waals surface area contributed by atoms with Crippen LogP contribution in [0.15, 0.2) is 41.0 Å². The van der Waals surface area contributed by atoms with Gasteiger partial charge in [0.1, 0.15) is 23.2 Å². The Hall–Kier alpha value is -2.81. The third-order valence-corrected chi connectivity index (χ3v) is 3.50. The maximum Gasteiger partial charge on any atom is 0.338 e. The molecule has 23 heavy (non-hydrogen) atoms. The summed E-state index contributed by atoms with van der Waals surface area (Å²) in [5, 5.41) is 9.41. The van der Waals surface area contributed by atoms with E-state index in [2.05, 4.69) is 0 Å². The lowest BCUT2D eigenvalue weighted by Crippen LogP contribution is -2.25. The number of carbonyl (C=O) groups is 1. The number of nitriles is 1. The number of esters is 1. The van der Waals surface area contributed by atoms with Gasteiger partial charge in [-0.3, -0.25) is 0 Å². The van der Waals surface area contributed by atoms with Gasteiger partial charge in [-0.25, -0.2) is 9.18 Å². The van der Waals surface area contributed by atoms with Crippen LogP contribution in [0.3, 0.4) is 0 Å². The fourth-order valence-electron chi connectivity index (χ4n) is 2.62. The first-order valence-electron chi connectivity index (χ1n) is 7.11. The van der Waals surface area contributed by atoms with Crippen LogP contribution in [0.1, 0.15) is 30.9 Å². The van der Waals surface area contributed by atoms with Crippen molar-refractivity contribution in [2.75, 3.05) is 6.61 Å². The van der Waals surface area contributed by atoms with Crippen molar-refractivity contribution in [1.82, 2.24) is 0 Å². The fourth-order valence-corrected chi connectivity index (χ4v) is 2.62. The minimum absolute atomic E-state index is 0.0589. The van der Waals surface area contributed by atoms with Crippen LogP contribution < -0.4 is 5.73 Å². The van der Waals surface area contributed by atoms with Crippen molar-refractivity contribution in [3.63, 3.8) is 0 Å². The maximum atomic E-state index is 13.8. The van der Waals surface area contributed by atoms with Crippen LogP contribution in [0.25, 0.3) is 0 Å². The molecular weight excluding hydrogens is 299 g/mol. The van der Waals surface area contributed by atoms with E-state index in [9.17, 15) is 14.4 Å². The molecule has 1 aromatic rings. The molecule has 0 radical (unpaired) electrons. The number of benzene rings is 1. The number of rotatable bonds is 3. The van der Waals surface area contributed by atoms with Crippen molar-refractivity contribution in [1.29, 1.82) is 5.26 Å². The largest absolute Gasteiger partial charge is 0.463 e. The summed E-state index contributed by atoms with van der Waals surface area (Å²) < 4.78 is 24.1. The first-order chi connectivity index (χ1) is 10.9. The molecule has 120 valence electrons. The molecule has 0 aliphatic carbocycles. The highest BCUT2D eigenvalue weighted by molar-refractivity contribution is 5.92. The Balaban J connectivity index is 2.66. The van der Waals surface area contributed by atoms with E-state index in [1.54, 1.807) is 26.8 Å². The molecule has 0 bridgehead atoms. The van der Waals surface area contributed by atoms with Crippen molar-refractivity contribution in [3.05, 3.63) is 57.9 Å². The molecule has 1 aromatic carbocycles. The Bertz CT molecular complexity index is 739. The predicted molar refractivity (Wildman–Crippen MR) is 81.1 cm³/mol. The summed E-state index contributed by atoms with van der Waals surface area (Å²) in [4.78, 5) is 12.3. The van der Waals surface area contributed by atoms with Crippen LogP contribution in [-0.2, 0) is 14.3 Å². The summed E-state index contributed by atoms with van der Waals surface area (Å²) in [6, 6.07) is 6.30. The molecule has 2 rings (SSSR count). The molecule has 1 aliphatic heterocycles. The van der Waals surface area contributed by atoms with Gasteiger partial charge in [0.2, 0.25) is 5.88 Å². The van der Waals surface area contributed by atoms with Crippen molar-refractivity contribution in [2.24, 2.45) is 5.73 Å². The number of hydrogen-bond acceptors (Lipinski definition) is 5. The number of nitrogens with two attached hydrogens (primary N) is 1. The molecule has 1 unspecified atom stereocenters. The molecule has 6 heteroatoms. The Morgan fingerprint density at radius 2 is 2.13 bits per heavy atom. The van der Waals surface area contributed by atoms with Gasteiger partial charge < -0.3 is 15.2 Å². The predicted octanol–water partition coefficient (Wildman–Crippen LogP) is 2.78. The minimum atomic E-state index is -0.817. The summed E-state index contributed by atoms with van der Waals surface area (Å²) in [6.45, 7) is 5.14. The second-order valence-electron chi connectivity index (χ2n) is 5.18. The minimum Gasteiger partial charge on any atom is -0.463 e. The van der Waals surface area contributed by atoms with Gasteiger partial charge in [0, 0.05) is 0 Å². The molecule has 0 aromatic heterocycles. The number of aryl methyl sites for hydroxylation is 1. The van der Waals surface area contributed by atoms with Crippen molar-refractivity contribution >= 4 is 5.97 Å². The SMILES string of the molecule is CCOC(=O)C1=C(C)OC(N)=C(C#N)C1c1cc(C)cc(F)c1. The second-order valence-corrected chi connectivity index (χ2v) is 5.18. The van der Waals surface area contributed by atoms with Gasteiger partial charge in [0.05, 0.1) is 18.1 Å². The molecule has 1 heterocycles. The van der Waals surface area contributed by atoms with Crippen LogP contribution in [0, 0.1) is 24.1 Å². The first-order valence-corrected chi connectivity index (χ1v) is 7.11. The number of nitrogens with zero attached hydrogens (tertiary/aromatic N) is 1. The Morgan fingerprint density at radius 1 is 1.43 bits per heavy atom. The maximum absolute atomic E-state index is 13.8. The molecule has 0 saturated heterocycles. The van der Waals surface area contributed by atoms with E-state index in [4.69, 9.17) is 15.2 Å². The van der Waals surface area contributed by atoms with Gasteiger partial charge in [-0.05, 0) is 44.0 Å². The zero-order valence-electron chi connectivity index (χ0n) is 13.1. The van der Waals surface area contributed by atoms with Crippen LogP contribution >= 0.6 is 0 Å². The lowest BCUT2D eigenvalue weighted by molar-refractivity contribution is -0.139. The van der Waals surface area contributed by atoms with Gasteiger partial charge >= 0.3 is 5.97 Å². The molecule has 5 nitrogen and oxygen atoms in total. The molecule has 2 N–H and O–H groups in total.